The van der Waals surface area contributed by atoms with E-state index >= 15 is 0 Å². The van der Waals surface area contributed by atoms with Crippen molar-refractivity contribution in [1.82, 2.24) is 19.9 Å². The summed E-state index contributed by atoms with van der Waals surface area (Å²) in [5.41, 5.74) is 2.57. The topological polar surface area (TPSA) is 69.7 Å². The number of hydrogen-bond acceptors (Lipinski definition) is 5. The van der Waals surface area contributed by atoms with E-state index in [1.807, 2.05) is 42.3 Å². The van der Waals surface area contributed by atoms with Gasteiger partial charge in [0.15, 0.2) is 11.5 Å². The van der Waals surface area contributed by atoms with E-state index < -0.39 is 0 Å². The number of nitrogens with zero attached hydrogens (tertiary/aromatic N) is 4. The minimum absolute atomic E-state index is 0.606. The van der Waals surface area contributed by atoms with E-state index in [1.54, 1.807) is 6.33 Å². The van der Waals surface area contributed by atoms with Crippen molar-refractivity contribution in [1.29, 1.82) is 0 Å². The lowest BCUT2D eigenvalue weighted by Gasteiger charge is -2.19. The highest BCUT2D eigenvalue weighted by Gasteiger charge is 2.14. The van der Waals surface area contributed by atoms with Gasteiger partial charge in [0.25, 0.3) is 0 Å². The molecule has 0 unspecified atom stereocenters. The monoisotopic (exact) mass is 282 g/mol. The Morgan fingerprint density at radius 2 is 2.00 bits per heavy atom. The average Bonchev–Trinajstić information content (AvgIpc) is 3.00. The molecule has 0 aliphatic rings. The van der Waals surface area contributed by atoms with Crippen LogP contribution in [0.5, 0.6) is 0 Å². The third-order valence-electron chi connectivity index (χ3n) is 3.26. The Morgan fingerprint density at radius 3 is 2.76 bits per heavy atom. The highest BCUT2D eigenvalue weighted by Crippen LogP contribution is 2.27. The molecular formula is C15H18N6. The standard InChI is InChI=1S/C15H18N6/c1-3-9-16-15-19-13-12(17-10-18-13)14(20-15)21(2)11-7-5-4-6-8-11/h4-8,10H,3,9H2,1-2H3,(H2,16,17,18,19,20). The van der Waals surface area contributed by atoms with Crippen LogP contribution in [0.4, 0.5) is 17.5 Å². The Kier molecular flexibility index (Phi) is 3.68. The molecule has 0 saturated carbocycles. The van der Waals surface area contributed by atoms with E-state index in [9.17, 15) is 0 Å². The first-order valence-electron chi connectivity index (χ1n) is 7.03. The van der Waals surface area contributed by atoms with Crippen LogP contribution in [0.2, 0.25) is 0 Å². The molecule has 0 aliphatic carbocycles. The van der Waals surface area contributed by atoms with E-state index in [2.05, 4.69) is 32.2 Å². The highest BCUT2D eigenvalue weighted by atomic mass is 15.2. The van der Waals surface area contributed by atoms with Crippen molar-refractivity contribution in [3.8, 4) is 0 Å². The molecule has 0 fully saturated rings. The van der Waals surface area contributed by atoms with Gasteiger partial charge in [-0.15, -0.1) is 0 Å². The second-order valence-electron chi connectivity index (χ2n) is 4.79. The fourth-order valence-corrected chi connectivity index (χ4v) is 2.15. The van der Waals surface area contributed by atoms with Crippen molar-refractivity contribution in [3.63, 3.8) is 0 Å². The summed E-state index contributed by atoms with van der Waals surface area (Å²) in [6, 6.07) is 10.1. The van der Waals surface area contributed by atoms with Gasteiger partial charge in [0.05, 0.1) is 6.33 Å². The fourth-order valence-electron chi connectivity index (χ4n) is 2.15. The second-order valence-corrected chi connectivity index (χ2v) is 4.79. The lowest BCUT2D eigenvalue weighted by atomic mass is 10.3. The molecule has 0 aliphatic heterocycles. The van der Waals surface area contributed by atoms with Crippen molar-refractivity contribution in [2.75, 3.05) is 23.8 Å². The van der Waals surface area contributed by atoms with Crippen LogP contribution in [0.1, 0.15) is 13.3 Å². The maximum Gasteiger partial charge on any atom is 0.226 e. The van der Waals surface area contributed by atoms with Crippen molar-refractivity contribution in [2.45, 2.75) is 13.3 Å². The van der Waals surface area contributed by atoms with Crippen LogP contribution in [0, 0.1) is 0 Å². The number of benzene rings is 1. The van der Waals surface area contributed by atoms with Gasteiger partial charge < -0.3 is 15.2 Å². The zero-order chi connectivity index (χ0) is 14.7. The molecule has 0 amide bonds. The van der Waals surface area contributed by atoms with E-state index in [0.29, 0.717) is 11.6 Å². The fraction of sp³-hybridized carbons (Fsp3) is 0.267. The normalized spacial score (nSPS) is 10.8. The molecule has 6 nitrogen and oxygen atoms in total. The number of anilines is 3. The predicted molar refractivity (Wildman–Crippen MR) is 85.0 cm³/mol. The van der Waals surface area contributed by atoms with Gasteiger partial charge in [0.2, 0.25) is 5.95 Å². The Hall–Kier alpha value is -2.63. The third-order valence-corrected chi connectivity index (χ3v) is 3.26. The minimum Gasteiger partial charge on any atom is -0.354 e. The van der Waals surface area contributed by atoms with Crippen LogP contribution in [0.25, 0.3) is 11.2 Å². The smallest absolute Gasteiger partial charge is 0.226 e. The van der Waals surface area contributed by atoms with Crippen LogP contribution in [0.15, 0.2) is 36.7 Å². The summed E-state index contributed by atoms with van der Waals surface area (Å²) < 4.78 is 0. The molecule has 0 saturated heterocycles. The maximum absolute atomic E-state index is 4.62. The number of nitrogens with one attached hydrogen (secondary N) is 2. The number of H-pyrrole nitrogens is 1. The average molecular weight is 282 g/mol. The Labute approximate surface area is 123 Å². The summed E-state index contributed by atoms with van der Waals surface area (Å²) in [6.45, 7) is 2.95. The van der Waals surface area contributed by atoms with Crippen LogP contribution in [-0.4, -0.2) is 33.5 Å². The number of para-hydroxylation sites is 1. The van der Waals surface area contributed by atoms with Crippen LogP contribution < -0.4 is 10.2 Å². The summed E-state index contributed by atoms with van der Waals surface area (Å²) >= 11 is 0. The number of aromatic amines is 1. The van der Waals surface area contributed by atoms with Crippen molar-refractivity contribution in [2.24, 2.45) is 0 Å². The van der Waals surface area contributed by atoms with Crippen LogP contribution >= 0.6 is 0 Å². The Balaban J connectivity index is 2.05. The number of imidazole rings is 1. The predicted octanol–water partition coefficient (Wildman–Crippen LogP) is 2.94. The number of aromatic nitrogens is 4. The molecule has 3 aromatic rings. The molecule has 1 aromatic carbocycles. The zero-order valence-electron chi connectivity index (χ0n) is 12.2. The van der Waals surface area contributed by atoms with Gasteiger partial charge in [-0.05, 0) is 18.6 Å². The quantitative estimate of drug-likeness (QED) is 0.753. The molecule has 21 heavy (non-hydrogen) atoms. The van der Waals surface area contributed by atoms with E-state index in [0.717, 1.165) is 30.0 Å². The summed E-state index contributed by atoms with van der Waals surface area (Å²) in [7, 11) is 1.99. The molecule has 2 heterocycles. The van der Waals surface area contributed by atoms with Gasteiger partial charge in [0, 0.05) is 19.3 Å². The lowest BCUT2D eigenvalue weighted by molar-refractivity contribution is 0.953. The van der Waals surface area contributed by atoms with Gasteiger partial charge in [-0.1, -0.05) is 25.1 Å². The summed E-state index contributed by atoms with van der Waals surface area (Å²) in [5, 5.41) is 3.22. The molecule has 0 bridgehead atoms. The first-order chi connectivity index (χ1) is 10.3. The molecule has 0 radical (unpaired) electrons. The second kappa shape index (κ2) is 5.78. The number of fused-ring (bicyclic) bond motifs is 1. The van der Waals surface area contributed by atoms with Gasteiger partial charge in [-0.2, -0.15) is 9.97 Å². The number of hydrogen-bond donors (Lipinski definition) is 2. The molecule has 6 heteroatoms. The molecule has 2 N–H and O–H groups in total. The van der Waals surface area contributed by atoms with E-state index in [-0.39, 0.29) is 0 Å². The molecule has 0 atom stereocenters. The molecule has 3 rings (SSSR count). The first kappa shape index (κ1) is 13.4. The largest absolute Gasteiger partial charge is 0.354 e. The summed E-state index contributed by atoms with van der Waals surface area (Å²) in [4.78, 5) is 18.4. The summed E-state index contributed by atoms with van der Waals surface area (Å²) in [5.74, 6) is 1.41. The summed E-state index contributed by atoms with van der Waals surface area (Å²) in [6.07, 6.45) is 2.66. The molecular weight excluding hydrogens is 264 g/mol. The molecule has 108 valence electrons. The minimum atomic E-state index is 0.606. The van der Waals surface area contributed by atoms with Gasteiger partial charge >= 0.3 is 0 Å². The van der Waals surface area contributed by atoms with Crippen molar-refractivity contribution >= 4 is 28.6 Å². The third kappa shape index (κ3) is 2.65. The highest BCUT2D eigenvalue weighted by molar-refractivity contribution is 5.86. The first-order valence-corrected chi connectivity index (χ1v) is 7.03. The van der Waals surface area contributed by atoms with Gasteiger partial charge in [-0.25, -0.2) is 4.98 Å². The molecule has 2 aromatic heterocycles. The lowest BCUT2D eigenvalue weighted by Crippen LogP contribution is -2.14. The van der Waals surface area contributed by atoms with Crippen molar-refractivity contribution in [3.05, 3.63) is 36.7 Å². The van der Waals surface area contributed by atoms with Crippen LogP contribution in [-0.2, 0) is 0 Å². The van der Waals surface area contributed by atoms with E-state index in [1.165, 1.54) is 0 Å². The number of rotatable bonds is 5. The van der Waals surface area contributed by atoms with Crippen LogP contribution in [0.3, 0.4) is 0 Å². The Bertz CT molecular complexity index is 721. The Morgan fingerprint density at radius 1 is 1.19 bits per heavy atom. The van der Waals surface area contributed by atoms with Crippen molar-refractivity contribution < 1.29 is 0 Å². The van der Waals surface area contributed by atoms with Gasteiger partial charge in [0.1, 0.15) is 5.52 Å². The zero-order valence-corrected chi connectivity index (χ0v) is 12.2. The van der Waals surface area contributed by atoms with E-state index in [4.69, 9.17) is 0 Å². The molecule has 0 spiro atoms. The maximum atomic E-state index is 4.62. The SMILES string of the molecule is CCCNc1nc(N(C)c2ccccc2)c2[nH]cnc2n1. The van der Waals surface area contributed by atoms with Gasteiger partial charge in [-0.3, -0.25) is 0 Å².